The number of para-hydroxylation sites is 1. The molecule has 0 amide bonds. The van der Waals surface area contributed by atoms with Gasteiger partial charge in [-0.2, -0.15) is 9.97 Å². The molecule has 2 aliphatic rings. The number of hydrogen-bond donors (Lipinski definition) is 0. The second kappa shape index (κ2) is 6.07. The van der Waals surface area contributed by atoms with Crippen molar-refractivity contribution in [1.29, 1.82) is 0 Å². The van der Waals surface area contributed by atoms with E-state index >= 15 is 0 Å². The van der Waals surface area contributed by atoms with Gasteiger partial charge in [-0.25, -0.2) is 4.98 Å². The molecule has 2 heterocycles. The second-order valence-electron chi connectivity index (χ2n) is 6.23. The molecule has 3 aromatic rings. The summed E-state index contributed by atoms with van der Waals surface area (Å²) in [6, 6.07) is 17.9. The van der Waals surface area contributed by atoms with E-state index in [-0.39, 0.29) is 11.2 Å². The Labute approximate surface area is 155 Å². The van der Waals surface area contributed by atoms with Crippen LogP contribution >= 0.6 is 11.6 Å². The topological polar surface area (TPSA) is 47.9 Å². The van der Waals surface area contributed by atoms with Gasteiger partial charge in [0.15, 0.2) is 11.6 Å². The number of ether oxygens (including phenoxy) is 1. The quantitative estimate of drug-likeness (QED) is 0.643. The highest BCUT2D eigenvalue weighted by atomic mass is 35.5. The van der Waals surface area contributed by atoms with Crippen LogP contribution in [0.4, 0.5) is 0 Å². The first-order valence-corrected chi connectivity index (χ1v) is 8.82. The number of allylic oxidation sites excluding steroid dienone is 4. The Morgan fingerprint density at radius 3 is 2.54 bits per heavy atom. The SMILES string of the molecule is Clc1nc(C2=C3Oc4ccccc4C3CC=C2)nc(-c2ccccc2)n1. The summed E-state index contributed by atoms with van der Waals surface area (Å²) in [5, 5.41) is 0.174. The molecule has 1 aliphatic carbocycles. The minimum Gasteiger partial charge on any atom is -0.460 e. The van der Waals surface area contributed by atoms with Gasteiger partial charge in [0.2, 0.25) is 5.28 Å². The van der Waals surface area contributed by atoms with Crippen molar-refractivity contribution in [3.8, 4) is 17.1 Å². The lowest BCUT2D eigenvalue weighted by atomic mass is 9.89. The summed E-state index contributed by atoms with van der Waals surface area (Å²) in [5.41, 5.74) is 2.96. The van der Waals surface area contributed by atoms with Gasteiger partial charge < -0.3 is 4.74 Å². The standard InChI is InChI=1S/C21H14ClN3O/c22-21-24-19(13-7-2-1-3-8-13)23-20(25-21)16-11-6-10-15-14-9-4-5-12-17(14)26-18(15)16/h1-9,11-12,15H,10H2. The molecule has 1 aliphatic heterocycles. The molecule has 0 saturated heterocycles. The third-order valence-electron chi connectivity index (χ3n) is 4.63. The van der Waals surface area contributed by atoms with Crippen molar-refractivity contribution in [2.45, 2.75) is 12.3 Å². The number of aromatic nitrogens is 3. The van der Waals surface area contributed by atoms with Crippen molar-refractivity contribution in [2.24, 2.45) is 0 Å². The van der Waals surface area contributed by atoms with E-state index in [1.165, 1.54) is 5.56 Å². The summed E-state index contributed by atoms with van der Waals surface area (Å²) < 4.78 is 6.15. The average Bonchev–Trinajstić information content (AvgIpc) is 3.07. The molecule has 126 valence electrons. The maximum atomic E-state index is 6.20. The number of halogens is 1. The van der Waals surface area contributed by atoms with Crippen molar-refractivity contribution in [3.63, 3.8) is 0 Å². The molecule has 5 rings (SSSR count). The maximum absolute atomic E-state index is 6.20. The van der Waals surface area contributed by atoms with Crippen LogP contribution in [-0.4, -0.2) is 15.0 Å². The Balaban J connectivity index is 1.64. The van der Waals surface area contributed by atoms with Crippen molar-refractivity contribution in [2.75, 3.05) is 0 Å². The predicted molar refractivity (Wildman–Crippen MR) is 101 cm³/mol. The van der Waals surface area contributed by atoms with Crippen LogP contribution in [0.1, 0.15) is 23.7 Å². The van der Waals surface area contributed by atoms with Gasteiger partial charge in [-0.1, -0.05) is 60.7 Å². The molecule has 0 saturated carbocycles. The van der Waals surface area contributed by atoms with Crippen LogP contribution in [-0.2, 0) is 0 Å². The molecule has 0 bridgehead atoms. The summed E-state index contributed by atoms with van der Waals surface area (Å²) in [6.07, 6.45) is 5.05. The molecule has 2 aromatic carbocycles. The molecule has 4 nitrogen and oxygen atoms in total. The van der Waals surface area contributed by atoms with Gasteiger partial charge >= 0.3 is 0 Å². The minimum absolute atomic E-state index is 0.174. The van der Waals surface area contributed by atoms with Crippen LogP contribution in [0.15, 0.2) is 72.5 Å². The molecule has 1 unspecified atom stereocenters. The molecule has 0 fully saturated rings. The van der Waals surface area contributed by atoms with Crippen molar-refractivity contribution >= 4 is 17.2 Å². The van der Waals surface area contributed by atoms with Crippen molar-refractivity contribution in [3.05, 3.63) is 89.2 Å². The van der Waals surface area contributed by atoms with Crippen LogP contribution in [0.5, 0.6) is 5.75 Å². The van der Waals surface area contributed by atoms with Gasteiger partial charge in [0, 0.05) is 11.1 Å². The number of rotatable bonds is 2. The molecule has 1 aromatic heterocycles. The third kappa shape index (κ3) is 2.50. The molecule has 1 atom stereocenters. The predicted octanol–water partition coefficient (Wildman–Crippen LogP) is 5.04. The van der Waals surface area contributed by atoms with Crippen molar-refractivity contribution < 1.29 is 4.74 Å². The minimum atomic E-state index is 0.174. The number of hydrogen-bond acceptors (Lipinski definition) is 4. The Hall–Kier alpha value is -2.98. The summed E-state index contributed by atoms with van der Waals surface area (Å²) in [7, 11) is 0. The lowest BCUT2D eigenvalue weighted by Crippen LogP contribution is -2.08. The zero-order chi connectivity index (χ0) is 17.5. The smallest absolute Gasteiger partial charge is 0.226 e. The largest absolute Gasteiger partial charge is 0.460 e. The third-order valence-corrected chi connectivity index (χ3v) is 4.80. The van der Waals surface area contributed by atoms with Crippen LogP contribution in [0, 0.1) is 0 Å². The van der Waals surface area contributed by atoms with E-state index in [0.29, 0.717) is 11.6 Å². The molecule has 5 heteroatoms. The van der Waals surface area contributed by atoms with Crippen LogP contribution < -0.4 is 4.74 Å². The molecule has 26 heavy (non-hydrogen) atoms. The van der Waals surface area contributed by atoms with E-state index in [9.17, 15) is 0 Å². The normalized spacial score (nSPS) is 17.7. The Kier molecular flexibility index (Phi) is 3.57. The molecular weight excluding hydrogens is 346 g/mol. The Morgan fingerprint density at radius 2 is 1.65 bits per heavy atom. The van der Waals surface area contributed by atoms with Gasteiger partial charge in [-0.3, -0.25) is 0 Å². The van der Waals surface area contributed by atoms with Crippen LogP contribution in [0.3, 0.4) is 0 Å². The van der Waals surface area contributed by atoms with E-state index in [1.54, 1.807) is 0 Å². The van der Waals surface area contributed by atoms with E-state index < -0.39 is 0 Å². The first kappa shape index (κ1) is 15.3. The van der Waals surface area contributed by atoms with Crippen molar-refractivity contribution in [1.82, 2.24) is 15.0 Å². The highest BCUT2D eigenvalue weighted by Crippen LogP contribution is 2.47. The second-order valence-corrected chi connectivity index (χ2v) is 6.56. The monoisotopic (exact) mass is 359 g/mol. The fourth-order valence-corrected chi connectivity index (χ4v) is 3.60. The first-order valence-electron chi connectivity index (χ1n) is 8.44. The Morgan fingerprint density at radius 1 is 0.885 bits per heavy atom. The number of nitrogens with zero attached hydrogens (tertiary/aromatic N) is 3. The molecule has 0 N–H and O–H groups in total. The molecule has 0 radical (unpaired) electrons. The summed E-state index contributed by atoms with van der Waals surface area (Å²) in [6.45, 7) is 0. The van der Waals surface area contributed by atoms with Gasteiger partial charge in [0.05, 0.1) is 11.5 Å². The van der Waals surface area contributed by atoms with E-state index in [0.717, 1.165) is 29.1 Å². The maximum Gasteiger partial charge on any atom is 0.226 e. The average molecular weight is 360 g/mol. The fraction of sp³-hybridized carbons (Fsp3) is 0.0952. The van der Waals surface area contributed by atoms with E-state index in [2.05, 4.69) is 27.1 Å². The lowest BCUT2D eigenvalue weighted by molar-refractivity contribution is 0.428. The molecule has 0 spiro atoms. The van der Waals surface area contributed by atoms with Gasteiger partial charge in [-0.05, 0) is 24.1 Å². The zero-order valence-electron chi connectivity index (χ0n) is 13.8. The van der Waals surface area contributed by atoms with Gasteiger partial charge in [0.25, 0.3) is 0 Å². The Bertz CT molecular complexity index is 1060. The molecular formula is C21H14ClN3O. The number of fused-ring (bicyclic) bond motifs is 3. The summed E-state index contributed by atoms with van der Waals surface area (Å²) >= 11 is 6.20. The van der Waals surface area contributed by atoms with E-state index in [1.807, 2.05) is 54.6 Å². The highest BCUT2D eigenvalue weighted by molar-refractivity contribution is 6.28. The van der Waals surface area contributed by atoms with Crippen LogP contribution in [0.25, 0.3) is 17.0 Å². The first-order chi connectivity index (χ1) is 12.8. The highest BCUT2D eigenvalue weighted by Gasteiger charge is 2.33. The van der Waals surface area contributed by atoms with Gasteiger partial charge in [-0.15, -0.1) is 0 Å². The van der Waals surface area contributed by atoms with E-state index in [4.69, 9.17) is 16.3 Å². The lowest BCUT2D eigenvalue weighted by Gasteiger charge is -2.17. The fourth-order valence-electron chi connectivity index (χ4n) is 3.44. The zero-order valence-corrected chi connectivity index (χ0v) is 14.5. The summed E-state index contributed by atoms with van der Waals surface area (Å²) in [5.74, 6) is 3.07. The van der Waals surface area contributed by atoms with Gasteiger partial charge in [0.1, 0.15) is 11.5 Å². The summed E-state index contributed by atoms with van der Waals surface area (Å²) in [4.78, 5) is 13.3. The van der Waals surface area contributed by atoms with Crippen LogP contribution in [0.2, 0.25) is 5.28 Å². The number of benzene rings is 2.